The van der Waals surface area contributed by atoms with Gasteiger partial charge in [-0.2, -0.15) is 0 Å². The summed E-state index contributed by atoms with van der Waals surface area (Å²) in [6.07, 6.45) is 0. The van der Waals surface area contributed by atoms with E-state index in [0.29, 0.717) is 11.4 Å². The summed E-state index contributed by atoms with van der Waals surface area (Å²) in [5, 5.41) is 5.04. The molecule has 0 aliphatic rings. The van der Waals surface area contributed by atoms with Crippen molar-refractivity contribution in [3.05, 3.63) is 60.2 Å². The van der Waals surface area contributed by atoms with Crippen molar-refractivity contribution < 1.29 is 13.6 Å². The van der Waals surface area contributed by atoms with Crippen LogP contribution in [-0.2, 0) is 0 Å². The summed E-state index contributed by atoms with van der Waals surface area (Å²) in [7, 11) is 0. The van der Waals surface area contributed by atoms with Crippen molar-refractivity contribution in [1.82, 2.24) is 0 Å². The van der Waals surface area contributed by atoms with Gasteiger partial charge in [-0.25, -0.2) is 13.6 Å². The lowest BCUT2D eigenvalue weighted by Gasteiger charge is -2.07. The van der Waals surface area contributed by atoms with Crippen LogP contribution in [0.3, 0.4) is 0 Å². The first-order valence-electron chi connectivity index (χ1n) is 5.22. The number of nitrogens with one attached hydrogen (secondary N) is 2. The average Bonchev–Trinajstić information content (AvgIpc) is 2.35. The minimum Gasteiger partial charge on any atom is -0.308 e. The second-order valence-electron chi connectivity index (χ2n) is 3.59. The predicted molar refractivity (Wildman–Crippen MR) is 65.4 cm³/mol. The molecule has 2 N–H and O–H groups in total. The summed E-state index contributed by atoms with van der Waals surface area (Å²) >= 11 is 0. The van der Waals surface area contributed by atoms with Gasteiger partial charge >= 0.3 is 6.03 Å². The van der Waals surface area contributed by atoms with Crippen LogP contribution in [0.2, 0.25) is 0 Å². The maximum atomic E-state index is 12.6. The Bertz CT molecular complexity index is 488. The third-order valence-electron chi connectivity index (χ3n) is 2.20. The Balaban J connectivity index is 1.96. The highest BCUT2D eigenvalue weighted by atomic mass is 19.1. The van der Waals surface area contributed by atoms with Crippen LogP contribution in [0.15, 0.2) is 48.5 Å². The molecule has 0 aliphatic carbocycles. The van der Waals surface area contributed by atoms with Gasteiger partial charge in [-0.3, -0.25) is 0 Å². The van der Waals surface area contributed by atoms with Gasteiger partial charge in [0.15, 0.2) is 0 Å². The summed E-state index contributed by atoms with van der Waals surface area (Å²) in [6.45, 7) is 0. The van der Waals surface area contributed by atoms with E-state index in [-0.39, 0.29) is 11.6 Å². The van der Waals surface area contributed by atoms with Crippen molar-refractivity contribution in [2.45, 2.75) is 0 Å². The quantitative estimate of drug-likeness (QED) is 0.837. The fraction of sp³-hybridized carbons (Fsp3) is 0. The fourth-order valence-electron chi connectivity index (χ4n) is 1.36. The fourth-order valence-corrected chi connectivity index (χ4v) is 1.36. The summed E-state index contributed by atoms with van der Waals surface area (Å²) in [4.78, 5) is 11.5. The van der Waals surface area contributed by atoms with Crippen molar-refractivity contribution in [3.63, 3.8) is 0 Å². The Morgan fingerprint density at radius 3 is 1.39 bits per heavy atom. The number of carbonyl (C=O) groups excluding carboxylic acids is 1. The van der Waals surface area contributed by atoms with E-state index in [1.54, 1.807) is 0 Å². The van der Waals surface area contributed by atoms with Crippen molar-refractivity contribution in [2.24, 2.45) is 0 Å². The Morgan fingerprint density at radius 2 is 1.06 bits per heavy atom. The smallest absolute Gasteiger partial charge is 0.308 e. The van der Waals surface area contributed by atoms with Crippen LogP contribution in [0, 0.1) is 11.6 Å². The van der Waals surface area contributed by atoms with Gasteiger partial charge in [0.25, 0.3) is 0 Å². The van der Waals surface area contributed by atoms with E-state index < -0.39 is 6.03 Å². The van der Waals surface area contributed by atoms with Gasteiger partial charge in [-0.15, -0.1) is 0 Å². The molecule has 0 bridgehead atoms. The van der Waals surface area contributed by atoms with Gasteiger partial charge in [0.1, 0.15) is 11.6 Å². The van der Waals surface area contributed by atoms with E-state index in [0.717, 1.165) is 0 Å². The average molecular weight is 248 g/mol. The first-order chi connectivity index (χ1) is 8.63. The number of benzene rings is 2. The molecule has 5 heteroatoms. The van der Waals surface area contributed by atoms with Gasteiger partial charge in [0.05, 0.1) is 0 Å². The molecular weight excluding hydrogens is 238 g/mol. The molecule has 2 amide bonds. The molecule has 0 saturated heterocycles. The van der Waals surface area contributed by atoms with Gasteiger partial charge in [0, 0.05) is 11.4 Å². The van der Waals surface area contributed by atoms with Crippen LogP contribution >= 0.6 is 0 Å². The highest BCUT2D eigenvalue weighted by Gasteiger charge is 2.02. The van der Waals surface area contributed by atoms with E-state index in [1.807, 2.05) is 0 Å². The molecule has 92 valence electrons. The minimum atomic E-state index is -0.479. The summed E-state index contributed by atoms with van der Waals surface area (Å²) in [5.41, 5.74) is 0.937. The molecule has 2 aromatic carbocycles. The van der Waals surface area contributed by atoms with E-state index in [1.165, 1.54) is 48.5 Å². The van der Waals surface area contributed by atoms with Gasteiger partial charge in [-0.1, -0.05) is 0 Å². The van der Waals surface area contributed by atoms with E-state index in [4.69, 9.17) is 0 Å². The number of carbonyl (C=O) groups is 1. The van der Waals surface area contributed by atoms with Crippen LogP contribution in [-0.4, -0.2) is 6.03 Å². The second-order valence-corrected chi connectivity index (χ2v) is 3.59. The highest BCUT2D eigenvalue weighted by Crippen LogP contribution is 2.11. The molecule has 0 unspecified atom stereocenters. The number of hydrogen-bond acceptors (Lipinski definition) is 1. The normalized spacial score (nSPS) is 9.89. The van der Waals surface area contributed by atoms with E-state index in [9.17, 15) is 13.6 Å². The third-order valence-corrected chi connectivity index (χ3v) is 2.20. The maximum Gasteiger partial charge on any atom is 0.323 e. The molecule has 0 saturated carbocycles. The minimum absolute atomic E-state index is 0.375. The zero-order chi connectivity index (χ0) is 13.0. The predicted octanol–water partition coefficient (Wildman–Crippen LogP) is 3.61. The van der Waals surface area contributed by atoms with Crippen molar-refractivity contribution in [1.29, 1.82) is 0 Å². The molecule has 0 spiro atoms. The Labute approximate surface area is 102 Å². The Hall–Kier alpha value is -2.43. The first-order valence-corrected chi connectivity index (χ1v) is 5.22. The lowest BCUT2D eigenvalue weighted by atomic mass is 10.3. The van der Waals surface area contributed by atoms with Gasteiger partial charge in [0.2, 0.25) is 0 Å². The van der Waals surface area contributed by atoms with Gasteiger partial charge < -0.3 is 10.6 Å². The highest BCUT2D eigenvalue weighted by molar-refractivity contribution is 5.99. The summed E-state index contributed by atoms with van der Waals surface area (Å²) < 4.78 is 25.3. The van der Waals surface area contributed by atoms with E-state index >= 15 is 0 Å². The summed E-state index contributed by atoms with van der Waals surface area (Å²) in [5.74, 6) is -0.751. The number of anilines is 2. The molecule has 18 heavy (non-hydrogen) atoms. The first kappa shape index (κ1) is 12.0. The van der Waals surface area contributed by atoms with Crippen molar-refractivity contribution in [3.8, 4) is 0 Å². The molecule has 0 aromatic heterocycles. The Kier molecular flexibility index (Phi) is 3.52. The molecule has 0 fully saturated rings. The van der Waals surface area contributed by atoms with Crippen LogP contribution in [0.25, 0.3) is 0 Å². The molecule has 0 radical (unpaired) electrons. The second kappa shape index (κ2) is 5.27. The topological polar surface area (TPSA) is 41.1 Å². The standard InChI is InChI=1S/C13H10F2N2O/c14-9-1-5-11(6-2-9)16-13(18)17-12-7-3-10(15)4-8-12/h1-8H,(H2,16,17,18). The lowest BCUT2D eigenvalue weighted by molar-refractivity contribution is 0.262. The van der Waals surface area contributed by atoms with Crippen LogP contribution in [0.1, 0.15) is 0 Å². The zero-order valence-corrected chi connectivity index (χ0v) is 9.28. The molecule has 3 nitrogen and oxygen atoms in total. The monoisotopic (exact) mass is 248 g/mol. The molecule has 2 aromatic rings. The lowest BCUT2D eigenvalue weighted by Crippen LogP contribution is -2.19. The zero-order valence-electron chi connectivity index (χ0n) is 9.28. The molecule has 0 aliphatic heterocycles. The van der Waals surface area contributed by atoms with Crippen molar-refractivity contribution in [2.75, 3.05) is 10.6 Å². The number of rotatable bonds is 2. The molecule has 0 heterocycles. The van der Waals surface area contributed by atoms with Gasteiger partial charge in [-0.05, 0) is 48.5 Å². The van der Waals surface area contributed by atoms with Crippen LogP contribution in [0.5, 0.6) is 0 Å². The third kappa shape index (κ3) is 3.28. The molecule has 2 rings (SSSR count). The number of halogens is 2. The molecule has 0 atom stereocenters. The number of urea groups is 1. The summed E-state index contributed by atoms with van der Waals surface area (Å²) in [6, 6.07) is 10.3. The van der Waals surface area contributed by atoms with E-state index in [2.05, 4.69) is 10.6 Å². The van der Waals surface area contributed by atoms with Crippen molar-refractivity contribution >= 4 is 17.4 Å². The van der Waals surface area contributed by atoms with Crippen LogP contribution in [0.4, 0.5) is 25.0 Å². The number of hydrogen-bond donors (Lipinski definition) is 2. The number of amides is 2. The largest absolute Gasteiger partial charge is 0.323 e. The molecular formula is C13H10F2N2O. The SMILES string of the molecule is O=C(Nc1ccc(F)cc1)Nc1ccc(F)cc1. The maximum absolute atomic E-state index is 12.6. The Morgan fingerprint density at radius 1 is 0.722 bits per heavy atom. The van der Waals surface area contributed by atoms with Crippen LogP contribution < -0.4 is 10.6 Å².